The molecule has 116 valence electrons. The Balaban J connectivity index is 2.31. The summed E-state index contributed by atoms with van der Waals surface area (Å²) in [7, 11) is 4.39. The number of nitrogens with zero attached hydrogens (tertiary/aromatic N) is 3. The predicted molar refractivity (Wildman–Crippen MR) is 84.6 cm³/mol. The molecule has 4 nitrogen and oxygen atoms in total. The second-order valence-electron chi connectivity index (χ2n) is 7.00. The van der Waals surface area contributed by atoms with Crippen molar-refractivity contribution in [3.8, 4) is 6.07 Å². The first-order valence-electron chi connectivity index (χ1n) is 7.90. The van der Waals surface area contributed by atoms with Crippen molar-refractivity contribution < 1.29 is 0 Å². The molecule has 0 amide bonds. The molecule has 0 aromatic rings. The highest BCUT2D eigenvalue weighted by Gasteiger charge is 2.25. The van der Waals surface area contributed by atoms with Gasteiger partial charge in [0.05, 0.1) is 6.07 Å². The molecule has 1 aliphatic rings. The zero-order chi connectivity index (χ0) is 15.2. The second kappa shape index (κ2) is 7.97. The minimum Gasteiger partial charge on any atom is -0.306 e. The van der Waals surface area contributed by atoms with E-state index in [1.54, 1.807) is 0 Å². The van der Waals surface area contributed by atoms with Gasteiger partial charge in [-0.05, 0) is 73.1 Å². The van der Waals surface area contributed by atoms with E-state index in [2.05, 4.69) is 49.1 Å². The Kier molecular flexibility index (Phi) is 6.94. The third-order valence-corrected chi connectivity index (χ3v) is 4.26. The van der Waals surface area contributed by atoms with Crippen molar-refractivity contribution in [3.05, 3.63) is 0 Å². The van der Waals surface area contributed by atoms with Gasteiger partial charge >= 0.3 is 0 Å². The third kappa shape index (κ3) is 6.21. The van der Waals surface area contributed by atoms with Crippen molar-refractivity contribution in [2.24, 2.45) is 5.92 Å². The number of piperidine rings is 1. The van der Waals surface area contributed by atoms with Gasteiger partial charge in [0.15, 0.2) is 0 Å². The average Bonchev–Trinajstić information content (AvgIpc) is 2.38. The monoisotopic (exact) mass is 280 g/mol. The maximum Gasteiger partial charge on any atom is 0.105 e. The summed E-state index contributed by atoms with van der Waals surface area (Å²) < 4.78 is 0. The number of nitrogens with one attached hydrogen (secondary N) is 1. The summed E-state index contributed by atoms with van der Waals surface area (Å²) in [5, 5.41) is 12.7. The minimum absolute atomic E-state index is 0.346. The van der Waals surface area contributed by atoms with E-state index in [9.17, 15) is 5.26 Å². The fourth-order valence-electron chi connectivity index (χ4n) is 2.99. The highest BCUT2D eigenvalue weighted by molar-refractivity contribution is 5.04. The lowest BCUT2D eigenvalue weighted by Crippen LogP contribution is -2.47. The van der Waals surface area contributed by atoms with E-state index in [0.29, 0.717) is 6.04 Å². The Hall–Kier alpha value is -0.630. The normalized spacial score (nSPS) is 21.1. The van der Waals surface area contributed by atoms with Crippen molar-refractivity contribution in [1.29, 1.82) is 5.26 Å². The molecule has 1 fully saturated rings. The third-order valence-electron chi connectivity index (χ3n) is 4.26. The van der Waals surface area contributed by atoms with Gasteiger partial charge in [0.2, 0.25) is 0 Å². The van der Waals surface area contributed by atoms with E-state index < -0.39 is 5.54 Å². The van der Waals surface area contributed by atoms with E-state index in [1.807, 2.05) is 6.92 Å². The van der Waals surface area contributed by atoms with Crippen LogP contribution in [0.1, 0.15) is 40.0 Å². The van der Waals surface area contributed by atoms with Crippen LogP contribution in [0.3, 0.4) is 0 Å². The number of rotatable bonds is 7. The summed E-state index contributed by atoms with van der Waals surface area (Å²) in [5.74, 6) is 0.822. The molecular formula is C16H32N4. The molecule has 1 aliphatic heterocycles. The average molecular weight is 280 g/mol. The summed E-state index contributed by atoms with van der Waals surface area (Å²) in [4.78, 5) is 4.81. The molecule has 1 rings (SSSR count). The molecule has 20 heavy (non-hydrogen) atoms. The topological polar surface area (TPSA) is 42.3 Å². The van der Waals surface area contributed by atoms with Gasteiger partial charge in [-0.2, -0.15) is 5.26 Å². The summed E-state index contributed by atoms with van der Waals surface area (Å²) in [6.07, 6.45) is 3.49. The summed E-state index contributed by atoms with van der Waals surface area (Å²) >= 11 is 0. The van der Waals surface area contributed by atoms with Gasteiger partial charge in [0, 0.05) is 19.1 Å². The van der Waals surface area contributed by atoms with Crippen molar-refractivity contribution in [3.63, 3.8) is 0 Å². The molecule has 1 atom stereocenters. The first-order chi connectivity index (χ1) is 9.34. The van der Waals surface area contributed by atoms with Gasteiger partial charge in [0.25, 0.3) is 0 Å². The van der Waals surface area contributed by atoms with Crippen LogP contribution >= 0.6 is 0 Å². The number of nitriles is 1. The van der Waals surface area contributed by atoms with E-state index in [0.717, 1.165) is 25.4 Å². The van der Waals surface area contributed by atoms with E-state index in [4.69, 9.17) is 0 Å². The molecule has 0 aromatic heterocycles. The van der Waals surface area contributed by atoms with Gasteiger partial charge in [-0.3, -0.25) is 5.32 Å². The molecule has 1 saturated heterocycles. The first-order valence-corrected chi connectivity index (χ1v) is 7.90. The van der Waals surface area contributed by atoms with Gasteiger partial charge in [-0.25, -0.2) is 0 Å². The Morgan fingerprint density at radius 1 is 1.40 bits per heavy atom. The zero-order valence-electron chi connectivity index (χ0n) is 13.9. The summed E-state index contributed by atoms with van der Waals surface area (Å²) in [6, 6.07) is 2.78. The van der Waals surface area contributed by atoms with E-state index in [-0.39, 0.29) is 0 Å². The van der Waals surface area contributed by atoms with Crippen LogP contribution in [0.15, 0.2) is 0 Å². The van der Waals surface area contributed by atoms with Gasteiger partial charge in [0.1, 0.15) is 5.54 Å². The first kappa shape index (κ1) is 17.4. The lowest BCUT2D eigenvalue weighted by atomic mass is 9.95. The molecule has 1 N–H and O–H groups in total. The molecule has 1 heterocycles. The number of hydrogen-bond donors (Lipinski definition) is 1. The fraction of sp³-hybridized carbons (Fsp3) is 0.938. The minimum atomic E-state index is -0.408. The van der Waals surface area contributed by atoms with Crippen LogP contribution in [-0.2, 0) is 0 Å². The quantitative estimate of drug-likeness (QED) is 0.774. The molecular weight excluding hydrogens is 248 g/mol. The van der Waals surface area contributed by atoms with Crippen LogP contribution in [-0.4, -0.2) is 61.7 Å². The van der Waals surface area contributed by atoms with E-state index in [1.165, 1.54) is 25.9 Å². The molecule has 0 spiro atoms. The van der Waals surface area contributed by atoms with Gasteiger partial charge in [-0.15, -0.1) is 0 Å². The maximum absolute atomic E-state index is 9.36. The maximum atomic E-state index is 9.36. The van der Waals surface area contributed by atoms with Crippen LogP contribution in [0.2, 0.25) is 0 Å². The summed E-state index contributed by atoms with van der Waals surface area (Å²) in [5.41, 5.74) is -0.408. The van der Waals surface area contributed by atoms with Gasteiger partial charge in [-0.1, -0.05) is 0 Å². The Morgan fingerprint density at radius 3 is 2.50 bits per heavy atom. The van der Waals surface area contributed by atoms with Crippen molar-refractivity contribution in [2.75, 3.05) is 40.3 Å². The molecule has 0 aliphatic carbocycles. The molecule has 0 saturated carbocycles. The number of likely N-dealkylation sites (tertiary alicyclic amines) is 1. The van der Waals surface area contributed by atoms with Crippen molar-refractivity contribution in [2.45, 2.75) is 51.6 Å². The Bertz CT molecular complexity index is 315. The lowest BCUT2D eigenvalue weighted by Gasteiger charge is -2.33. The smallest absolute Gasteiger partial charge is 0.105 e. The SMILES string of the molecule is CC(C)NC(C)(C#N)CCN(C)CC1CCN(C)CC1. The van der Waals surface area contributed by atoms with Crippen molar-refractivity contribution in [1.82, 2.24) is 15.1 Å². The zero-order valence-corrected chi connectivity index (χ0v) is 13.9. The predicted octanol–water partition coefficient (Wildman–Crippen LogP) is 1.93. The van der Waals surface area contributed by atoms with Crippen LogP contribution in [0.25, 0.3) is 0 Å². The fourth-order valence-corrected chi connectivity index (χ4v) is 2.99. The molecule has 4 heteroatoms. The Morgan fingerprint density at radius 2 is 2.00 bits per heavy atom. The van der Waals surface area contributed by atoms with E-state index >= 15 is 0 Å². The highest BCUT2D eigenvalue weighted by Crippen LogP contribution is 2.18. The molecule has 0 radical (unpaired) electrons. The summed E-state index contributed by atoms with van der Waals surface area (Å²) in [6.45, 7) is 10.8. The van der Waals surface area contributed by atoms with Crippen molar-refractivity contribution >= 4 is 0 Å². The molecule has 0 bridgehead atoms. The largest absolute Gasteiger partial charge is 0.306 e. The van der Waals surface area contributed by atoms with Crippen LogP contribution in [0.4, 0.5) is 0 Å². The van der Waals surface area contributed by atoms with Crippen LogP contribution in [0, 0.1) is 17.2 Å². The Labute approximate surface area is 125 Å². The highest BCUT2D eigenvalue weighted by atomic mass is 15.1. The second-order valence-corrected chi connectivity index (χ2v) is 7.00. The standard InChI is InChI=1S/C16H32N4/c1-14(2)18-16(3,13-17)8-11-20(5)12-15-6-9-19(4)10-7-15/h14-15,18H,6-12H2,1-5H3. The van der Waals surface area contributed by atoms with Gasteiger partial charge < -0.3 is 9.80 Å². The van der Waals surface area contributed by atoms with Crippen LogP contribution in [0.5, 0.6) is 0 Å². The molecule has 0 aromatic carbocycles. The number of hydrogen-bond acceptors (Lipinski definition) is 4. The molecule has 1 unspecified atom stereocenters. The lowest BCUT2D eigenvalue weighted by molar-refractivity contribution is 0.170. The van der Waals surface area contributed by atoms with Crippen LogP contribution < -0.4 is 5.32 Å².